The lowest BCUT2D eigenvalue weighted by molar-refractivity contribution is -0.385. The monoisotopic (exact) mass is 259 g/mol. The second kappa shape index (κ2) is 5.01. The van der Waals surface area contributed by atoms with Crippen LogP contribution in [0.4, 0.5) is 5.69 Å². The summed E-state index contributed by atoms with van der Waals surface area (Å²) < 4.78 is 5.13. The molecule has 0 saturated carbocycles. The second-order valence-electron chi connectivity index (χ2n) is 3.21. The number of carboxylic acid groups (broad SMARTS) is 1. The number of hydrogen-bond donors (Lipinski definition) is 1. The summed E-state index contributed by atoms with van der Waals surface area (Å²) in [6.45, 7) is 3.37. The van der Waals surface area contributed by atoms with Gasteiger partial charge in [0.25, 0.3) is 0 Å². The highest BCUT2D eigenvalue weighted by Crippen LogP contribution is 2.37. The summed E-state index contributed by atoms with van der Waals surface area (Å²) in [5.74, 6) is -1.31. The molecule has 17 heavy (non-hydrogen) atoms. The minimum atomic E-state index is -1.32. The fourth-order valence-corrected chi connectivity index (χ4v) is 1.60. The second-order valence-corrected chi connectivity index (χ2v) is 3.58. The van der Waals surface area contributed by atoms with Crippen molar-refractivity contribution in [3.8, 4) is 5.75 Å². The van der Waals surface area contributed by atoms with Gasteiger partial charge in [-0.25, -0.2) is 4.79 Å². The molecule has 1 aromatic carbocycles. The van der Waals surface area contributed by atoms with Gasteiger partial charge in [-0.15, -0.1) is 0 Å². The lowest BCUT2D eigenvalue weighted by Gasteiger charge is -2.10. The van der Waals surface area contributed by atoms with Gasteiger partial charge in [-0.1, -0.05) is 11.6 Å². The smallest absolute Gasteiger partial charge is 0.337 e. The van der Waals surface area contributed by atoms with Crippen LogP contribution >= 0.6 is 11.6 Å². The maximum Gasteiger partial charge on any atom is 0.337 e. The molecule has 0 bridgehead atoms. The number of carbonyl (C=O) groups is 1. The largest absolute Gasteiger partial charge is 0.487 e. The average molecular weight is 260 g/mol. The molecule has 0 fully saturated rings. The van der Waals surface area contributed by atoms with Crippen LogP contribution in [0.2, 0.25) is 5.02 Å². The van der Waals surface area contributed by atoms with E-state index < -0.39 is 16.6 Å². The van der Waals surface area contributed by atoms with Crippen LogP contribution in [-0.2, 0) is 0 Å². The number of nitrogens with zero attached hydrogens (tertiary/aromatic N) is 1. The maximum atomic E-state index is 10.9. The fourth-order valence-electron chi connectivity index (χ4n) is 1.38. The van der Waals surface area contributed by atoms with Crippen molar-refractivity contribution in [1.82, 2.24) is 0 Å². The molecule has 0 amide bonds. The molecule has 0 aromatic heterocycles. The van der Waals surface area contributed by atoms with E-state index in [4.69, 9.17) is 21.4 Å². The molecular weight excluding hydrogens is 250 g/mol. The highest BCUT2D eigenvalue weighted by Gasteiger charge is 2.25. The van der Waals surface area contributed by atoms with Gasteiger partial charge < -0.3 is 9.84 Å². The predicted molar refractivity (Wildman–Crippen MR) is 61.0 cm³/mol. The van der Waals surface area contributed by atoms with Crippen LogP contribution in [0.15, 0.2) is 6.07 Å². The minimum absolute atomic E-state index is 0.00694. The Morgan fingerprint density at radius 3 is 2.65 bits per heavy atom. The molecule has 7 heteroatoms. The molecule has 1 N–H and O–H groups in total. The molecule has 0 radical (unpaired) electrons. The van der Waals surface area contributed by atoms with Gasteiger partial charge in [-0.3, -0.25) is 10.1 Å². The Balaban J connectivity index is 3.56. The van der Waals surface area contributed by atoms with E-state index in [1.54, 1.807) is 6.92 Å². The summed E-state index contributed by atoms with van der Waals surface area (Å²) in [7, 11) is 0. The third-order valence-corrected chi connectivity index (χ3v) is 2.62. The Morgan fingerprint density at radius 1 is 1.65 bits per heavy atom. The zero-order valence-corrected chi connectivity index (χ0v) is 9.95. The van der Waals surface area contributed by atoms with Gasteiger partial charge in [-0.05, 0) is 13.8 Å². The minimum Gasteiger partial charge on any atom is -0.487 e. The van der Waals surface area contributed by atoms with Crippen molar-refractivity contribution in [2.24, 2.45) is 0 Å². The number of hydrogen-bond acceptors (Lipinski definition) is 4. The number of halogens is 1. The van der Waals surface area contributed by atoms with E-state index in [0.29, 0.717) is 0 Å². The summed E-state index contributed by atoms with van der Waals surface area (Å²) in [6.07, 6.45) is 0. The molecule has 0 unspecified atom stereocenters. The first-order valence-corrected chi connectivity index (χ1v) is 5.11. The SMILES string of the molecule is CCOc1c([N+](=O)[O-])cc(C(=O)O)c(Cl)c1C. The van der Waals surface area contributed by atoms with Crippen molar-refractivity contribution >= 4 is 23.3 Å². The summed E-state index contributed by atoms with van der Waals surface area (Å²) in [5, 5.41) is 19.6. The van der Waals surface area contributed by atoms with Gasteiger partial charge in [0.15, 0.2) is 0 Å². The summed E-state index contributed by atoms with van der Waals surface area (Å²) in [4.78, 5) is 21.0. The molecular formula is C10H10ClNO5. The van der Waals surface area contributed by atoms with E-state index in [1.807, 2.05) is 0 Å². The Hall–Kier alpha value is -1.82. The highest BCUT2D eigenvalue weighted by atomic mass is 35.5. The first-order chi connectivity index (χ1) is 7.90. The van der Waals surface area contributed by atoms with Gasteiger partial charge in [0.1, 0.15) is 0 Å². The molecule has 0 aliphatic rings. The Labute approximate surface area is 102 Å². The molecule has 0 spiro atoms. The number of benzene rings is 1. The quantitative estimate of drug-likeness (QED) is 0.663. The highest BCUT2D eigenvalue weighted by molar-refractivity contribution is 6.34. The summed E-state index contributed by atoms with van der Waals surface area (Å²) in [6, 6.07) is 0.905. The van der Waals surface area contributed by atoms with Gasteiger partial charge in [0.05, 0.1) is 22.1 Å². The number of ether oxygens (including phenoxy) is 1. The van der Waals surface area contributed by atoms with E-state index in [9.17, 15) is 14.9 Å². The van der Waals surface area contributed by atoms with Gasteiger partial charge in [-0.2, -0.15) is 0 Å². The van der Waals surface area contributed by atoms with Crippen molar-refractivity contribution in [3.05, 3.63) is 32.3 Å². The van der Waals surface area contributed by atoms with Crippen molar-refractivity contribution in [2.45, 2.75) is 13.8 Å². The van der Waals surface area contributed by atoms with Crippen molar-refractivity contribution in [2.75, 3.05) is 6.61 Å². The fraction of sp³-hybridized carbons (Fsp3) is 0.300. The molecule has 0 aliphatic carbocycles. The van der Waals surface area contributed by atoms with Gasteiger partial charge >= 0.3 is 11.7 Å². The van der Waals surface area contributed by atoms with Gasteiger partial charge in [0.2, 0.25) is 5.75 Å². The molecule has 1 rings (SSSR count). The predicted octanol–water partition coefficient (Wildman–Crippen LogP) is 2.65. The van der Waals surface area contributed by atoms with E-state index in [2.05, 4.69) is 0 Å². The summed E-state index contributed by atoms with van der Waals surface area (Å²) in [5.41, 5.74) is -0.453. The van der Waals surface area contributed by atoms with Crippen LogP contribution < -0.4 is 4.74 Å². The van der Waals surface area contributed by atoms with Crippen molar-refractivity contribution in [3.63, 3.8) is 0 Å². The summed E-state index contributed by atoms with van der Waals surface area (Å²) >= 11 is 5.82. The number of aromatic carboxylic acids is 1. The van der Waals surface area contributed by atoms with Crippen molar-refractivity contribution < 1.29 is 19.6 Å². The Bertz CT molecular complexity index is 486. The number of carboxylic acids is 1. The first kappa shape index (κ1) is 13.2. The Morgan fingerprint density at radius 2 is 2.24 bits per heavy atom. The van der Waals surface area contributed by atoms with E-state index in [0.717, 1.165) is 6.07 Å². The lowest BCUT2D eigenvalue weighted by atomic mass is 10.1. The number of nitro groups is 1. The van der Waals surface area contributed by atoms with Crippen LogP contribution in [0.3, 0.4) is 0 Å². The third-order valence-electron chi connectivity index (χ3n) is 2.14. The molecule has 92 valence electrons. The van der Waals surface area contributed by atoms with E-state index in [1.165, 1.54) is 6.92 Å². The molecule has 0 saturated heterocycles. The van der Waals surface area contributed by atoms with E-state index >= 15 is 0 Å². The van der Waals surface area contributed by atoms with Crippen LogP contribution in [-0.4, -0.2) is 22.6 Å². The Kier molecular flexibility index (Phi) is 3.90. The number of rotatable bonds is 4. The first-order valence-electron chi connectivity index (χ1n) is 4.73. The molecule has 1 aromatic rings. The van der Waals surface area contributed by atoms with Crippen molar-refractivity contribution in [1.29, 1.82) is 0 Å². The zero-order chi connectivity index (χ0) is 13.2. The standard InChI is InChI=1S/C10H10ClNO5/c1-3-17-9-5(2)8(11)6(10(13)14)4-7(9)12(15)16/h4H,3H2,1-2H3,(H,13,14). The van der Waals surface area contributed by atoms with Gasteiger partial charge in [0, 0.05) is 11.6 Å². The maximum absolute atomic E-state index is 10.9. The average Bonchev–Trinajstić information content (AvgIpc) is 2.24. The van der Waals surface area contributed by atoms with Crippen LogP contribution in [0.25, 0.3) is 0 Å². The molecule has 0 heterocycles. The topological polar surface area (TPSA) is 89.7 Å². The number of nitro benzene ring substituents is 1. The molecule has 0 aliphatic heterocycles. The van der Waals surface area contributed by atoms with Crippen LogP contribution in [0, 0.1) is 17.0 Å². The normalized spacial score (nSPS) is 10.1. The third kappa shape index (κ3) is 2.47. The molecule has 6 nitrogen and oxygen atoms in total. The van der Waals surface area contributed by atoms with Crippen LogP contribution in [0.1, 0.15) is 22.8 Å². The van der Waals surface area contributed by atoms with E-state index in [-0.39, 0.29) is 28.5 Å². The molecule has 0 atom stereocenters. The van der Waals surface area contributed by atoms with Crippen LogP contribution in [0.5, 0.6) is 5.75 Å². The lowest BCUT2D eigenvalue weighted by Crippen LogP contribution is -2.05. The zero-order valence-electron chi connectivity index (χ0n) is 9.19.